The van der Waals surface area contributed by atoms with Gasteiger partial charge in [-0.25, -0.2) is 0 Å². The van der Waals surface area contributed by atoms with Crippen LogP contribution in [0.15, 0.2) is 66.7 Å². The van der Waals surface area contributed by atoms with Gasteiger partial charge in [-0.1, -0.05) is 54.6 Å². The van der Waals surface area contributed by atoms with E-state index in [1.807, 2.05) is 42.5 Å². The van der Waals surface area contributed by atoms with Crippen molar-refractivity contribution in [3.8, 4) is 10.4 Å². The quantitative estimate of drug-likeness (QED) is 0.434. The molecule has 0 saturated carbocycles. The molecular weight excluding hydrogens is 342 g/mol. The number of fused-ring (bicyclic) bond motifs is 4. The van der Waals surface area contributed by atoms with E-state index in [0.717, 1.165) is 20.5 Å². The maximum absolute atomic E-state index is 13.2. The van der Waals surface area contributed by atoms with Gasteiger partial charge in [0.05, 0.1) is 5.56 Å². The second kappa shape index (κ2) is 5.38. The van der Waals surface area contributed by atoms with Crippen LogP contribution in [0.5, 0.6) is 0 Å². The molecule has 0 saturated heterocycles. The Kier molecular flexibility index (Phi) is 3.11. The van der Waals surface area contributed by atoms with E-state index in [9.17, 15) is 9.59 Å². The number of thiophene rings is 1. The summed E-state index contributed by atoms with van der Waals surface area (Å²) in [6.07, 6.45) is 0. The van der Waals surface area contributed by atoms with Crippen molar-refractivity contribution in [3.05, 3.63) is 89.0 Å². The fourth-order valence-corrected chi connectivity index (χ4v) is 4.70. The zero-order chi connectivity index (χ0) is 17.8. The highest BCUT2D eigenvalue weighted by atomic mass is 32.1. The Labute approximate surface area is 153 Å². The summed E-state index contributed by atoms with van der Waals surface area (Å²) < 4.78 is 0.917. The molecule has 0 radical (unpaired) electrons. The molecule has 124 valence electrons. The number of hydrogen-bond donors (Lipinski definition) is 1. The second-order valence-corrected chi connectivity index (χ2v) is 7.39. The molecule has 4 heteroatoms. The van der Waals surface area contributed by atoms with Crippen molar-refractivity contribution in [1.82, 2.24) is 0 Å². The first-order valence-corrected chi connectivity index (χ1v) is 9.06. The largest absolute Gasteiger partial charge is 0.398 e. The van der Waals surface area contributed by atoms with Crippen molar-refractivity contribution < 1.29 is 9.59 Å². The molecule has 0 atom stereocenters. The molecule has 4 aromatic rings. The number of nitrogens with two attached hydrogens (primary N) is 1. The molecule has 0 amide bonds. The topological polar surface area (TPSA) is 60.2 Å². The highest BCUT2D eigenvalue weighted by Crippen LogP contribution is 2.41. The van der Waals surface area contributed by atoms with Gasteiger partial charge in [-0.3, -0.25) is 9.59 Å². The van der Waals surface area contributed by atoms with Gasteiger partial charge in [-0.2, -0.15) is 0 Å². The molecule has 1 heterocycles. The lowest BCUT2D eigenvalue weighted by molar-refractivity contribution is 0.0981. The van der Waals surface area contributed by atoms with Gasteiger partial charge >= 0.3 is 0 Å². The van der Waals surface area contributed by atoms with Crippen LogP contribution in [0.25, 0.3) is 20.5 Å². The number of rotatable bonds is 1. The maximum atomic E-state index is 13.2. The highest BCUT2D eigenvalue weighted by molar-refractivity contribution is 7.22. The molecule has 2 N–H and O–H groups in total. The van der Waals surface area contributed by atoms with Crippen molar-refractivity contribution in [2.45, 2.75) is 0 Å². The van der Waals surface area contributed by atoms with E-state index in [-0.39, 0.29) is 11.6 Å². The van der Waals surface area contributed by atoms with Crippen molar-refractivity contribution in [2.75, 3.05) is 5.73 Å². The van der Waals surface area contributed by atoms with Gasteiger partial charge in [0.2, 0.25) is 0 Å². The Morgan fingerprint density at radius 1 is 0.731 bits per heavy atom. The van der Waals surface area contributed by atoms with Crippen molar-refractivity contribution in [2.24, 2.45) is 0 Å². The van der Waals surface area contributed by atoms with Crippen LogP contribution >= 0.6 is 11.3 Å². The van der Waals surface area contributed by atoms with Crippen LogP contribution in [-0.4, -0.2) is 11.6 Å². The minimum absolute atomic E-state index is 0.134. The third-order valence-electron chi connectivity index (χ3n) is 4.78. The number of carbonyl (C=O) groups excluding carboxylic acids is 2. The third-order valence-corrected chi connectivity index (χ3v) is 5.92. The van der Waals surface area contributed by atoms with Crippen molar-refractivity contribution >= 4 is 38.7 Å². The van der Waals surface area contributed by atoms with Crippen LogP contribution in [0, 0.1) is 0 Å². The lowest BCUT2D eigenvalue weighted by Gasteiger charge is -2.19. The smallest absolute Gasteiger partial charge is 0.196 e. The molecule has 26 heavy (non-hydrogen) atoms. The summed E-state index contributed by atoms with van der Waals surface area (Å²) in [5.74, 6) is -0.313. The minimum Gasteiger partial charge on any atom is -0.398 e. The standard InChI is InChI=1S/C22H13NO2S/c23-16-11-18-15(10-17(26-18)12-6-2-1-3-7-12)19-20(16)22(25)14-9-5-4-8-13(14)21(19)24/h1-11H,23H2. The molecule has 0 aliphatic heterocycles. The second-order valence-electron chi connectivity index (χ2n) is 6.31. The first-order valence-electron chi connectivity index (χ1n) is 8.25. The van der Waals surface area contributed by atoms with E-state index in [2.05, 4.69) is 0 Å². The normalized spacial score (nSPS) is 12.9. The average molecular weight is 355 g/mol. The van der Waals surface area contributed by atoms with Gasteiger partial charge in [-0.05, 0) is 17.7 Å². The monoisotopic (exact) mass is 355 g/mol. The van der Waals surface area contributed by atoms with Crippen molar-refractivity contribution in [1.29, 1.82) is 0 Å². The lowest BCUT2D eigenvalue weighted by atomic mass is 9.82. The summed E-state index contributed by atoms with van der Waals surface area (Å²) in [5.41, 5.74) is 9.28. The number of nitrogen functional groups attached to an aromatic ring is 1. The van der Waals surface area contributed by atoms with Gasteiger partial charge in [-0.15, -0.1) is 11.3 Å². The highest BCUT2D eigenvalue weighted by Gasteiger charge is 2.33. The van der Waals surface area contributed by atoms with Gasteiger partial charge in [0.25, 0.3) is 0 Å². The zero-order valence-electron chi connectivity index (χ0n) is 13.7. The molecule has 3 nitrogen and oxygen atoms in total. The van der Waals surface area contributed by atoms with E-state index in [1.165, 1.54) is 0 Å². The summed E-state index contributed by atoms with van der Waals surface area (Å²) >= 11 is 1.58. The Balaban J connectivity index is 1.83. The van der Waals surface area contributed by atoms with Crippen LogP contribution < -0.4 is 5.73 Å². The molecule has 0 spiro atoms. The Bertz CT molecular complexity index is 1220. The predicted octanol–water partition coefficient (Wildman–Crippen LogP) is 4.93. The van der Waals surface area contributed by atoms with E-state index < -0.39 is 0 Å². The molecule has 0 bridgehead atoms. The van der Waals surface area contributed by atoms with Crippen LogP contribution in [0.3, 0.4) is 0 Å². The Morgan fingerprint density at radius 2 is 1.35 bits per heavy atom. The summed E-state index contributed by atoms with van der Waals surface area (Å²) in [6, 6.07) is 20.7. The lowest BCUT2D eigenvalue weighted by Crippen LogP contribution is -2.22. The summed E-state index contributed by atoms with van der Waals surface area (Å²) in [4.78, 5) is 27.2. The van der Waals surface area contributed by atoms with Gasteiger partial charge in [0.15, 0.2) is 11.6 Å². The van der Waals surface area contributed by atoms with Crippen LogP contribution in [0.1, 0.15) is 31.8 Å². The van der Waals surface area contributed by atoms with E-state index in [0.29, 0.717) is 27.9 Å². The Hall–Kier alpha value is -3.24. The molecule has 0 fully saturated rings. The Morgan fingerprint density at radius 3 is 2.04 bits per heavy atom. The summed E-state index contributed by atoms with van der Waals surface area (Å²) in [5, 5.41) is 0.797. The fraction of sp³-hybridized carbons (Fsp3) is 0. The molecule has 5 rings (SSSR count). The number of anilines is 1. The fourth-order valence-electron chi connectivity index (χ4n) is 3.57. The first-order chi connectivity index (χ1) is 12.6. The van der Waals surface area contributed by atoms with E-state index in [4.69, 9.17) is 5.73 Å². The van der Waals surface area contributed by atoms with Gasteiger partial charge < -0.3 is 5.73 Å². The zero-order valence-corrected chi connectivity index (χ0v) is 14.5. The predicted molar refractivity (Wildman–Crippen MR) is 105 cm³/mol. The molecule has 1 aliphatic carbocycles. The average Bonchev–Trinajstić information content (AvgIpc) is 3.09. The first kappa shape index (κ1) is 15.0. The van der Waals surface area contributed by atoms with Gasteiger partial charge in [0, 0.05) is 37.3 Å². The van der Waals surface area contributed by atoms with Crippen LogP contribution in [0.4, 0.5) is 5.69 Å². The minimum atomic E-state index is -0.179. The molecule has 3 aromatic carbocycles. The molecule has 0 unspecified atom stereocenters. The summed E-state index contributed by atoms with van der Waals surface area (Å²) in [7, 11) is 0. The molecule has 1 aliphatic rings. The third kappa shape index (κ3) is 1.99. The van der Waals surface area contributed by atoms with E-state index >= 15 is 0 Å². The maximum Gasteiger partial charge on any atom is 0.196 e. The van der Waals surface area contributed by atoms with Gasteiger partial charge in [0.1, 0.15) is 0 Å². The number of carbonyl (C=O) groups is 2. The van der Waals surface area contributed by atoms with Crippen LogP contribution in [0.2, 0.25) is 0 Å². The number of ketones is 2. The summed E-state index contributed by atoms with van der Waals surface area (Å²) in [6.45, 7) is 0. The number of benzene rings is 3. The van der Waals surface area contributed by atoms with Crippen molar-refractivity contribution in [3.63, 3.8) is 0 Å². The molecular formula is C22H13NO2S. The SMILES string of the molecule is Nc1cc2sc(-c3ccccc3)cc2c2c1C(=O)c1ccccc1C2=O. The van der Waals surface area contributed by atoms with E-state index in [1.54, 1.807) is 35.6 Å². The number of hydrogen-bond acceptors (Lipinski definition) is 4. The van der Waals surface area contributed by atoms with Crippen LogP contribution in [-0.2, 0) is 0 Å². The molecule has 1 aromatic heterocycles.